The third-order valence-corrected chi connectivity index (χ3v) is 1.83. The van der Waals surface area contributed by atoms with Gasteiger partial charge in [-0.2, -0.15) is 5.26 Å². The van der Waals surface area contributed by atoms with E-state index in [-0.39, 0.29) is 5.91 Å². The molecule has 0 heterocycles. The third-order valence-electron chi connectivity index (χ3n) is 1.83. The zero-order chi connectivity index (χ0) is 10.1. The van der Waals surface area contributed by atoms with E-state index >= 15 is 0 Å². The molecule has 0 radical (unpaired) electrons. The molecule has 0 spiro atoms. The number of carbonyl (C=O) groups excluding carboxylic acids is 1. The molecule has 4 nitrogen and oxygen atoms in total. The van der Waals surface area contributed by atoms with Gasteiger partial charge in [0, 0.05) is 20.0 Å². The lowest BCUT2D eigenvalue weighted by atomic mass is 10.2. The first-order valence-corrected chi connectivity index (χ1v) is 4.53. The highest BCUT2D eigenvalue weighted by Gasteiger charge is 2.06. The second-order valence-electron chi connectivity index (χ2n) is 2.97. The monoisotopic (exact) mass is 183 g/mol. The highest BCUT2D eigenvalue weighted by Crippen LogP contribution is 1.98. The Morgan fingerprint density at radius 3 is 2.77 bits per heavy atom. The average molecular weight is 183 g/mol. The summed E-state index contributed by atoms with van der Waals surface area (Å²) >= 11 is 0. The van der Waals surface area contributed by atoms with Crippen LogP contribution in [0.4, 0.5) is 0 Å². The number of nitrogens with two attached hydrogens (primary N) is 1. The molecule has 0 aromatic carbocycles. The van der Waals surface area contributed by atoms with Crippen molar-refractivity contribution in [1.29, 1.82) is 5.26 Å². The number of hydrogen-bond acceptors (Lipinski definition) is 3. The van der Waals surface area contributed by atoms with E-state index < -0.39 is 0 Å². The second-order valence-corrected chi connectivity index (χ2v) is 2.97. The van der Waals surface area contributed by atoms with Crippen LogP contribution < -0.4 is 5.73 Å². The van der Waals surface area contributed by atoms with Crippen molar-refractivity contribution in [3.05, 3.63) is 0 Å². The largest absolute Gasteiger partial charge is 0.345 e. The van der Waals surface area contributed by atoms with Crippen LogP contribution in [-0.2, 0) is 4.79 Å². The summed E-state index contributed by atoms with van der Waals surface area (Å²) in [4.78, 5) is 12.9. The smallest absolute Gasteiger partial charge is 0.222 e. The molecule has 4 heteroatoms. The minimum atomic E-state index is 0.101. The van der Waals surface area contributed by atoms with Gasteiger partial charge >= 0.3 is 0 Å². The van der Waals surface area contributed by atoms with Crippen LogP contribution in [0.15, 0.2) is 0 Å². The molecule has 0 aromatic rings. The van der Waals surface area contributed by atoms with E-state index in [0.29, 0.717) is 25.9 Å². The molecular weight excluding hydrogens is 166 g/mol. The highest BCUT2D eigenvalue weighted by molar-refractivity contribution is 5.75. The van der Waals surface area contributed by atoms with Crippen LogP contribution in [0, 0.1) is 11.3 Å². The number of hydrogen-bond donors (Lipinski definition) is 1. The van der Waals surface area contributed by atoms with E-state index in [1.54, 1.807) is 11.9 Å². The van der Waals surface area contributed by atoms with Crippen molar-refractivity contribution in [1.82, 2.24) is 4.90 Å². The molecule has 0 bridgehead atoms. The van der Waals surface area contributed by atoms with Gasteiger partial charge in [-0.1, -0.05) is 0 Å². The van der Waals surface area contributed by atoms with Crippen LogP contribution in [0.25, 0.3) is 0 Å². The Labute approximate surface area is 79.3 Å². The SMILES string of the molecule is CN(CCC#N)C(=O)CCCCN. The third kappa shape index (κ3) is 6.12. The van der Waals surface area contributed by atoms with Crippen LogP contribution in [-0.4, -0.2) is 30.9 Å². The predicted octanol–water partition coefficient (Wildman–Crippen LogP) is 0.487. The Hall–Kier alpha value is -1.08. The molecule has 0 saturated heterocycles. The van der Waals surface area contributed by atoms with Crippen molar-refractivity contribution >= 4 is 5.91 Å². The van der Waals surface area contributed by atoms with Gasteiger partial charge in [0.2, 0.25) is 5.91 Å². The summed E-state index contributed by atoms with van der Waals surface area (Å²) < 4.78 is 0. The quantitative estimate of drug-likeness (QED) is 0.609. The molecule has 13 heavy (non-hydrogen) atoms. The molecular formula is C9H17N3O. The van der Waals surface area contributed by atoms with Gasteiger partial charge in [0.05, 0.1) is 12.5 Å². The Morgan fingerprint density at radius 2 is 2.23 bits per heavy atom. The summed E-state index contributed by atoms with van der Waals surface area (Å²) in [5, 5.41) is 8.31. The maximum Gasteiger partial charge on any atom is 0.222 e. The van der Waals surface area contributed by atoms with Gasteiger partial charge in [0.25, 0.3) is 0 Å². The molecule has 0 fully saturated rings. The fourth-order valence-corrected chi connectivity index (χ4v) is 0.954. The molecule has 1 amide bonds. The van der Waals surface area contributed by atoms with Gasteiger partial charge in [-0.15, -0.1) is 0 Å². The van der Waals surface area contributed by atoms with Crippen LogP contribution in [0.2, 0.25) is 0 Å². The van der Waals surface area contributed by atoms with Crippen molar-refractivity contribution in [2.75, 3.05) is 20.1 Å². The maximum absolute atomic E-state index is 11.3. The van der Waals surface area contributed by atoms with Crippen molar-refractivity contribution in [2.45, 2.75) is 25.7 Å². The minimum absolute atomic E-state index is 0.101. The lowest BCUT2D eigenvalue weighted by Gasteiger charge is -2.14. The number of rotatable bonds is 6. The molecule has 0 rings (SSSR count). The summed E-state index contributed by atoms with van der Waals surface area (Å²) in [5.41, 5.74) is 5.30. The fraction of sp³-hybridized carbons (Fsp3) is 0.778. The highest BCUT2D eigenvalue weighted by atomic mass is 16.2. The Bertz CT molecular complexity index is 186. The molecule has 0 aliphatic carbocycles. The van der Waals surface area contributed by atoms with Crippen molar-refractivity contribution in [2.24, 2.45) is 5.73 Å². The van der Waals surface area contributed by atoms with Gasteiger partial charge in [-0.05, 0) is 19.4 Å². The molecule has 0 unspecified atom stereocenters. The van der Waals surface area contributed by atoms with Crippen LogP contribution in [0.5, 0.6) is 0 Å². The molecule has 0 aromatic heterocycles. The lowest BCUT2D eigenvalue weighted by molar-refractivity contribution is -0.129. The summed E-state index contributed by atoms with van der Waals surface area (Å²) in [6.45, 7) is 1.16. The zero-order valence-corrected chi connectivity index (χ0v) is 8.12. The standard InChI is InChI=1S/C9H17N3O/c1-12(8-4-7-11)9(13)5-2-3-6-10/h2-6,8,10H2,1H3. The summed E-state index contributed by atoms with van der Waals surface area (Å²) in [5.74, 6) is 0.101. The van der Waals surface area contributed by atoms with E-state index in [9.17, 15) is 4.79 Å². The van der Waals surface area contributed by atoms with E-state index in [1.165, 1.54) is 0 Å². The lowest BCUT2D eigenvalue weighted by Crippen LogP contribution is -2.27. The Kier molecular flexibility index (Phi) is 6.93. The first kappa shape index (κ1) is 11.9. The minimum Gasteiger partial charge on any atom is -0.345 e. The molecule has 0 aliphatic heterocycles. The number of nitrogens with zero attached hydrogens (tertiary/aromatic N) is 2. The molecule has 74 valence electrons. The first-order chi connectivity index (χ1) is 6.22. The zero-order valence-electron chi connectivity index (χ0n) is 8.12. The Balaban J connectivity index is 3.52. The van der Waals surface area contributed by atoms with E-state index in [0.717, 1.165) is 12.8 Å². The van der Waals surface area contributed by atoms with E-state index in [1.807, 2.05) is 6.07 Å². The van der Waals surface area contributed by atoms with Crippen molar-refractivity contribution < 1.29 is 4.79 Å². The second kappa shape index (κ2) is 7.56. The van der Waals surface area contributed by atoms with Gasteiger partial charge in [0.15, 0.2) is 0 Å². The molecule has 0 atom stereocenters. The van der Waals surface area contributed by atoms with Gasteiger partial charge < -0.3 is 10.6 Å². The topological polar surface area (TPSA) is 70.1 Å². The summed E-state index contributed by atoms with van der Waals surface area (Å²) in [6.07, 6.45) is 2.67. The Morgan fingerprint density at radius 1 is 1.54 bits per heavy atom. The van der Waals surface area contributed by atoms with Gasteiger partial charge in [0.1, 0.15) is 0 Å². The van der Waals surface area contributed by atoms with Crippen molar-refractivity contribution in [3.8, 4) is 6.07 Å². The predicted molar refractivity (Wildman–Crippen MR) is 50.8 cm³/mol. The van der Waals surface area contributed by atoms with Gasteiger partial charge in [-0.3, -0.25) is 4.79 Å². The van der Waals surface area contributed by atoms with E-state index in [4.69, 9.17) is 11.0 Å². The summed E-state index contributed by atoms with van der Waals surface area (Å²) in [7, 11) is 1.72. The number of nitriles is 1. The number of amides is 1. The van der Waals surface area contributed by atoms with Crippen molar-refractivity contribution in [3.63, 3.8) is 0 Å². The normalized spacial score (nSPS) is 9.31. The number of carbonyl (C=O) groups is 1. The average Bonchev–Trinajstić information content (AvgIpc) is 2.14. The summed E-state index contributed by atoms with van der Waals surface area (Å²) in [6, 6.07) is 2.01. The van der Waals surface area contributed by atoms with Gasteiger partial charge in [-0.25, -0.2) is 0 Å². The molecule has 2 N–H and O–H groups in total. The number of unbranched alkanes of at least 4 members (excludes halogenated alkanes) is 1. The van der Waals surface area contributed by atoms with E-state index in [2.05, 4.69) is 0 Å². The maximum atomic E-state index is 11.3. The first-order valence-electron chi connectivity index (χ1n) is 4.53. The molecule has 0 saturated carbocycles. The van der Waals surface area contributed by atoms with Crippen LogP contribution in [0.3, 0.4) is 0 Å². The molecule has 0 aliphatic rings. The van der Waals surface area contributed by atoms with Crippen LogP contribution >= 0.6 is 0 Å². The van der Waals surface area contributed by atoms with Crippen LogP contribution in [0.1, 0.15) is 25.7 Å². The fourth-order valence-electron chi connectivity index (χ4n) is 0.954.